The van der Waals surface area contributed by atoms with E-state index in [0.717, 1.165) is 4.31 Å². The van der Waals surface area contributed by atoms with Crippen LogP contribution in [0.25, 0.3) is 0 Å². The van der Waals surface area contributed by atoms with Crippen molar-refractivity contribution < 1.29 is 13.5 Å². The van der Waals surface area contributed by atoms with E-state index in [1.165, 1.54) is 13.2 Å². The number of aliphatic hydroxyl groups excluding tert-OH is 1. The van der Waals surface area contributed by atoms with E-state index in [1.807, 2.05) is 0 Å². The summed E-state index contributed by atoms with van der Waals surface area (Å²) >= 11 is 0. The second kappa shape index (κ2) is 4.30. The number of likely N-dealkylation sites (N-methyl/N-ethyl adjacent to an activating group) is 1. The van der Waals surface area contributed by atoms with E-state index in [4.69, 9.17) is 5.11 Å². The largest absolute Gasteiger partial charge is 0.395 e. The Bertz CT molecular complexity index is 426. The maximum absolute atomic E-state index is 12.0. The average Bonchev–Trinajstić information content (AvgIpc) is 2.62. The lowest BCUT2D eigenvalue weighted by molar-refractivity contribution is 0.214. The lowest BCUT2D eigenvalue weighted by Gasteiger charge is -2.21. The first-order valence-corrected chi connectivity index (χ1v) is 5.94. The van der Waals surface area contributed by atoms with E-state index in [9.17, 15) is 8.42 Å². The molecule has 0 bridgehead atoms. The highest BCUT2D eigenvalue weighted by Crippen LogP contribution is 2.17. The first-order chi connectivity index (χ1) is 6.91. The summed E-state index contributed by atoms with van der Waals surface area (Å²) in [4.78, 5) is 0.144. The summed E-state index contributed by atoms with van der Waals surface area (Å²) in [5.41, 5.74) is 0.493. The highest BCUT2D eigenvalue weighted by Gasteiger charge is 2.27. The zero-order chi connectivity index (χ0) is 11.6. The topological polar surface area (TPSA) is 86.3 Å². The first kappa shape index (κ1) is 12.2. The number of nitrogens with one attached hydrogen (secondary N) is 1. The molecule has 0 radical (unpaired) electrons. The van der Waals surface area contributed by atoms with Crippen molar-refractivity contribution in [3.63, 3.8) is 0 Å². The summed E-state index contributed by atoms with van der Waals surface area (Å²) in [7, 11) is -2.12. The summed E-state index contributed by atoms with van der Waals surface area (Å²) < 4.78 is 25.1. The van der Waals surface area contributed by atoms with Gasteiger partial charge in [0.1, 0.15) is 4.90 Å². The van der Waals surface area contributed by atoms with Crippen molar-refractivity contribution >= 4 is 10.0 Å². The second-order valence-corrected chi connectivity index (χ2v) is 5.38. The van der Waals surface area contributed by atoms with Gasteiger partial charge in [-0.3, -0.25) is 5.10 Å². The Morgan fingerprint density at radius 3 is 2.67 bits per heavy atom. The van der Waals surface area contributed by atoms with Crippen molar-refractivity contribution in [3.05, 3.63) is 11.9 Å². The molecule has 1 heterocycles. The van der Waals surface area contributed by atoms with Crippen molar-refractivity contribution in [1.82, 2.24) is 14.5 Å². The number of aryl methyl sites for hydroxylation is 1. The fraction of sp³-hybridized carbons (Fsp3) is 0.625. The molecule has 2 N–H and O–H groups in total. The highest BCUT2D eigenvalue weighted by molar-refractivity contribution is 7.89. The minimum Gasteiger partial charge on any atom is -0.395 e. The number of hydrogen-bond acceptors (Lipinski definition) is 4. The van der Waals surface area contributed by atoms with Crippen molar-refractivity contribution in [2.75, 3.05) is 13.7 Å². The third-order valence-electron chi connectivity index (χ3n) is 2.33. The van der Waals surface area contributed by atoms with Gasteiger partial charge in [-0.05, 0) is 13.8 Å². The molecule has 0 saturated carbocycles. The van der Waals surface area contributed by atoms with Crippen molar-refractivity contribution in [2.45, 2.75) is 24.8 Å². The van der Waals surface area contributed by atoms with Crippen LogP contribution < -0.4 is 0 Å². The smallest absolute Gasteiger partial charge is 0.246 e. The van der Waals surface area contributed by atoms with Crippen LogP contribution in [0.3, 0.4) is 0 Å². The molecule has 0 amide bonds. The summed E-state index contributed by atoms with van der Waals surface area (Å²) in [6.07, 6.45) is 1.27. The maximum Gasteiger partial charge on any atom is 0.246 e. The molecule has 0 aromatic carbocycles. The van der Waals surface area contributed by atoms with Gasteiger partial charge < -0.3 is 5.11 Å². The van der Waals surface area contributed by atoms with E-state index in [-0.39, 0.29) is 11.5 Å². The number of sulfonamides is 1. The van der Waals surface area contributed by atoms with Crippen LogP contribution in [0.1, 0.15) is 12.6 Å². The van der Waals surface area contributed by atoms with Gasteiger partial charge in [-0.25, -0.2) is 8.42 Å². The van der Waals surface area contributed by atoms with Crippen LogP contribution in [0, 0.1) is 6.92 Å². The van der Waals surface area contributed by atoms with Crippen molar-refractivity contribution in [3.8, 4) is 0 Å². The number of aliphatic hydroxyl groups is 1. The molecule has 7 heteroatoms. The summed E-state index contributed by atoms with van der Waals surface area (Å²) in [5.74, 6) is 0. The fourth-order valence-electron chi connectivity index (χ4n) is 1.11. The first-order valence-electron chi connectivity index (χ1n) is 4.50. The molecule has 0 aliphatic rings. The lowest BCUT2D eigenvalue weighted by Crippen LogP contribution is -2.37. The van der Waals surface area contributed by atoms with Crippen molar-refractivity contribution in [2.24, 2.45) is 0 Å². The lowest BCUT2D eigenvalue weighted by atomic mass is 10.4. The number of rotatable bonds is 4. The third-order valence-corrected chi connectivity index (χ3v) is 4.41. The monoisotopic (exact) mass is 233 g/mol. The predicted octanol–water partition coefficient (Wildman–Crippen LogP) is -0.281. The number of nitrogens with zero attached hydrogens (tertiary/aromatic N) is 2. The van der Waals surface area contributed by atoms with E-state index >= 15 is 0 Å². The molecule has 1 atom stereocenters. The molecule has 1 unspecified atom stereocenters. The van der Waals surface area contributed by atoms with Crippen LogP contribution in [0.15, 0.2) is 11.1 Å². The van der Waals surface area contributed by atoms with E-state index in [2.05, 4.69) is 10.2 Å². The van der Waals surface area contributed by atoms with E-state index in [1.54, 1.807) is 13.8 Å². The van der Waals surface area contributed by atoms with Crippen LogP contribution in [0.4, 0.5) is 0 Å². The molecule has 0 aliphatic heterocycles. The summed E-state index contributed by atoms with van der Waals surface area (Å²) in [6, 6.07) is -0.454. The third kappa shape index (κ3) is 2.19. The maximum atomic E-state index is 12.0. The molecule has 0 spiro atoms. The van der Waals surface area contributed by atoms with E-state index in [0.29, 0.717) is 5.69 Å². The molecular formula is C8H15N3O3S. The van der Waals surface area contributed by atoms with Gasteiger partial charge in [-0.1, -0.05) is 0 Å². The number of aromatic amines is 1. The molecule has 1 rings (SSSR count). The SMILES string of the molecule is Cc1[nH]ncc1S(=O)(=O)N(C)C(C)CO. The minimum absolute atomic E-state index is 0.144. The summed E-state index contributed by atoms with van der Waals surface area (Å²) in [5, 5.41) is 15.1. The Kier molecular flexibility index (Phi) is 3.48. The number of aromatic nitrogens is 2. The van der Waals surface area contributed by atoms with Gasteiger partial charge in [0.15, 0.2) is 0 Å². The molecular weight excluding hydrogens is 218 g/mol. The molecule has 0 saturated heterocycles. The van der Waals surface area contributed by atoms with Crippen molar-refractivity contribution in [1.29, 1.82) is 0 Å². The molecule has 15 heavy (non-hydrogen) atoms. The molecule has 1 aromatic heterocycles. The van der Waals surface area contributed by atoms with Gasteiger partial charge in [0.2, 0.25) is 10.0 Å². The Balaban J connectivity index is 3.09. The predicted molar refractivity (Wildman–Crippen MR) is 54.8 cm³/mol. The van der Waals surface area contributed by atoms with Gasteiger partial charge >= 0.3 is 0 Å². The van der Waals surface area contributed by atoms with E-state index < -0.39 is 16.1 Å². The van der Waals surface area contributed by atoms with Gasteiger partial charge in [0, 0.05) is 13.1 Å². The molecule has 6 nitrogen and oxygen atoms in total. The molecule has 0 fully saturated rings. The van der Waals surface area contributed by atoms with Crippen LogP contribution in [0.5, 0.6) is 0 Å². The standard InChI is InChI=1S/C8H15N3O3S/c1-6(5-12)11(3)15(13,14)8-4-9-10-7(8)2/h4,6,12H,5H2,1-3H3,(H,9,10). The highest BCUT2D eigenvalue weighted by atomic mass is 32.2. The van der Waals surface area contributed by atoms with Crippen LogP contribution in [-0.4, -0.2) is 47.7 Å². The molecule has 86 valence electrons. The number of H-pyrrole nitrogens is 1. The Morgan fingerprint density at radius 1 is 1.67 bits per heavy atom. The van der Waals surface area contributed by atoms with Crippen LogP contribution in [0.2, 0.25) is 0 Å². The summed E-state index contributed by atoms with van der Waals surface area (Å²) in [6.45, 7) is 3.05. The van der Waals surface area contributed by atoms with Gasteiger partial charge in [-0.2, -0.15) is 9.40 Å². The van der Waals surface area contributed by atoms with Gasteiger partial charge in [0.05, 0.1) is 18.5 Å². The Morgan fingerprint density at radius 2 is 2.27 bits per heavy atom. The quantitative estimate of drug-likeness (QED) is 0.749. The normalized spacial score (nSPS) is 14.5. The number of hydrogen-bond donors (Lipinski definition) is 2. The second-order valence-electron chi connectivity index (χ2n) is 3.41. The Hall–Kier alpha value is -0.920. The van der Waals surface area contributed by atoms with Gasteiger partial charge in [0.25, 0.3) is 0 Å². The zero-order valence-corrected chi connectivity index (χ0v) is 9.74. The van der Waals surface area contributed by atoms with Crippen LogP contribution in [-0.2, 0) is 10.0 Å². The minimum atomic E-state index is -3.56. The van der Waals surface area contributed by atoms with Gasteiger partial charge in [-0.15, -0.1) is 0 Å². The fourth-order valence-corrected chi connectivity index (χ4v) is 2.58. The Labute approximate surface area is 89.0 Å². The zero-order valence-electron chi connectivity index (χ0n) is 8.93. The average molecular weight is 233 g/mol. The molecule has 1 aromatic rings. The molecule has 0 aliphatic carbocycles. The van der Waals surface area contributed by atoms with Crippen LogP contribution >= 0.6 is 0 Å².